The molecule has 0 saturated heterocycles. The Morgan fingerprint density at radius 3 is 2.75 bits per heavy atom. The van der Waals surface area contributed by atoms with Gasteiger partial charge in [-0.1, -0.05) is 18.1 Å². The van der Waals surface area contributed by atoms with Gasteiger partial charge in [0.1, 0.15) is 18.1 Å². The molecule has 1 unspecified atom stereocenters. The van der Waals surface area contributed by atoms with E-state index < -0.39 is 0 Å². The fourth-order valence-corrected chi connectivity index (χ4v) is 2.39. The van der Waals surface area contributed by atoms with Crippen molar-refractivity contribution in [1.82, 2.24) is 0 Å². The number of hydrogen-bond donors (Lipinski definition) is 1. The first-order chi connectivity index (χ1) is 11.4. The fraction of sp³-hybridized carbons (Fsp3) is 0.450. The van der Waals surface area contributed by atoms with Crippen LogP contribution in [0, 0.1) is 24.7 Å². The summed E-state index contributed by atoms with van der Waals surface area (Å²) in [5.74, 6) is 7.03. The van der Waals surface area contributed by atoms with Gasteiger partial charge in [-0.25, -0.2) is 4.79 Å². The minimum atomic E-state index is -0.368. The van der Waals surface area contributed by atoms with Crippen LogP contribution < -0.4 is 0 Å². The van der Waals surface area contributed by atoms with Crippen LogP contribution in [0.3, 0.4) is 0 Å². The van der Waals surface area contributed by atoms with Gasteiger partial charge in [0.2, 0.25) is 0 Å². The lowest BCUT2D eigenvalue weighted by molar-refractivity contribution is -0.135. The van der Waals surface area contributed by atoms with Crippen LogP contribution in [0.2, 0.25) is 0 Å². The number of aryl methyl sites for hydroxylation is 1. The van der Waals surface area contributed by atoms with Crippen LogP contribution in [0.4, 0.5) is 0 Å². The third kappa shape index (κ3) is 6.10. The molecule has 0 aliphatic carbocycles. The van der Waals surface area contributed by atoms with Gasteiger partial charge in [0, 0.05) is 18.4 Å². The minimum Gasteiger partial charge on any atom is -0.466 e. The lowest BCUT2D eigenvalue weighted by Crippen LogP contribution is -2.05. The first-order valence-electron chi connectivity index (χ1n) is 7.97. The number of furan rings is 1. The number of ether oxygens (including phenoxy) is 1. The molecule has 1 heterocycles. The van der Waals surface area contributed by atoms with Gasteiger partial charge in [0.25, 0.3) is 0 Å². The molecule has 1 aromatic heterocycles. The maximum atomic E-state index is 11.5. The molecule has 0 fully saturated rings. The maximum absolute atomic E-state index is 11.5. The second-order valence-electron chi connectivity index (χ2n) is 5.87. The molecule has 0 spiro atoms. The lowest BCUT2D eigenvalue weighted by atomic mass is 9.91. The van der Waals surface area contributed by atoms with E-state index in [0.29, 0.717) is 17.8 Å². The molecule has 4 nitrogen and oxygen atoms in total. The van der Waals surface area contributed by atoms with E-state index in [4.69, 9.17) is 14.3 Å². The largest absolute Gasteiger partial charge is 0.466 e. The molecular formula is C20H26O4. The first kappa shape index (κ1) is 19.8. The highest BCUT2D eigenvalue weighted by molar-refractivity contribution is 5.92. The molecule has 1 N–H and O–H groups in total. The summed E-state index contributed by atoms with van der Waals surface area (Å²) in [4.78, 5) is 11.5. The Kier molecular flexibility index (Phi) is 8.08. The normalized spacial score (nSPS) is 12.3. The zero-order valence-electron chi connectivity index (χ0n) is 14.9. The average Bonchev–Trinajstić information content (AvgIpc) is 2.88. The number of carbonyl (C=O) groups is 1. The van der Waals surface area contributed by atoms with Gasteiger partial charge < -0.3 is 14.3 Å². The monoisotopic (exact) mass is 330 g/mol. The molecule has 1 rings (SSSR count). The van der Waals surface area contributed by atoms with E-state index in [1.165, 1.54) is 7.11 Å². The number of aliphatic hydroxyl groups excluding tert-OH is 1. The molecule has 0 aliphatic heterocycles. The van der Waals surface area contributed by atoms with Crippen molar-refractivity contribution in [3.05, 3.63) is 40.9 Å². The van der Waals surface area contributed by atoms with Crippen LogP contribution in [0.15, 0.2) is 28.2 Å². The summed E-state index contributed by atoms with van der Waals surface area (Å²) in [5.41, 5.74) is 2.62. The molecule has 130 valence electrons. The van der Waals surface area contributed by atoms with Crippen molar-refractivity contribution >= 4 is 12.0 Å². The summed E-state index contributed by atoms with van der Waals surface area (Å²) in [6, 6.07) is 1.92. The van der Waals surface area contributed by atoms with Crippen LogP contribution >= 0.6 is 0 Å². The molecule has 0 saturated carbocycles. The highest BCUT2D eigenvalue weighted by atomic mass is 16.5. The van der Waals surface area contributed by atoms with E-state index in [-0.39, 0.29) is 18.5 Å². The Labute approximate surface area is 144 Å². The van der Waals surface area contributed by atoms with Crippen molar-refractivity contribution < 1.29 is 19.1 Å². The summed E-state index contributed by atoms with van der Waals surface area (Å²) in [6.07, 6.45) is 4.01. The number of carbonyl (C=O) groups excluding carboxylic acids is 1. The summed E-state index contributed by atoms with van der Waals surface area (Å²) >= 11 is 0. The minimum absolute atomic E-state index is 0.107. The zero-order chi connectivity index (χ0) is 18.1. The Hall–Kier alpha value is -2.25. The molecule has 1 aromatic rings. The highest BCUT2D eigenvalue weighted by Gasteiger charge is 2.15. The first-order valence-corrected chi connectivity index (χ1v) is 7.97. The summed E-state index contributed by atoms with van der Waals surface area (Å²) in [6.45, 7) is 9.64. The van der Waals surface area contributed by atoms with Gasteiger partial charge >= 0.3 is 5.97 Å². The van der Waals surface area contributed by atoms with E-state index in [0.717, 1.165) is 29.7 Å². The van der Waals surface area contributed by atoms with Crippen LogP contribution in [0.1, 0.15) is 43.8 Å². The van der Waals surface area contributed by atoms with Crippen LogP contribution in [0.25, 0.3) is 6.08 Å². The van der Waals surface area contributed by atoms with Crippen LogP contribution in [-0.2, 0) is 16.0 Å². The Balaban J connectivity index is 2.85. The Morgan fingerprint density at radius 2 is 2.17 bits per heavy atom. The molecule has 0 bridgehead atoms. The smallest absolute Gasteiger partial charge is 0.333 e. The summed E-state index contributed by atoms with van der Waals surface area (Å²) in [7, 11) is 1.36. The van der Waals surface area contributed by atoms with Gasteiger partial charge in [-0.2, -0.15) is 0 Å². The number of esters is 1. The fourth-order valence-electron chi connectivity index (χ4n) is 2.39. The predicted molar refractivity (Wildman–Crippen MR) is 95.2 cm³/mol. The summed E-state index contributed by atoms with van der Waals surface area (Å²) < 4.78 is 10.6. The van der Waals surface area contributed by atoms with Crippen molar-refractivity contribution in [2.45, 2.75) is 40.0 Å². The van der Waals surface area contributed by atoms with Crippen LogP contribution in [0.5, 0.6) is 0 Å². The van der Waals surface area contributed by atoms with Crippen molar-refractivity contribution in [3.63, 3.8) is 0 Å². The Bertz CT molecular complexity index is 668. The third-order valence-electron chi connectivity index (χ3n) is 3.86. The van der Waals surface area contributed by atoms with Crippen molar-refractivity contribution in [1.29, 1.82) is 0 Å². The lowest BCUT2D eigenvalue weighted by Gasteiger charge is -2.14. The molecular weight excluding hydrogens is 304 g/mol. The SMILES string of the molecule is C=C(C)C(CCC#CCO)Cc1oc(/C=C(/C)C(=O)OC)cc1C. The molecule has 0 radical (unpaired) electrons. The van der Waals surface area contributed by atoms with Gasteiger partial charge in [0.15, 0.2) is 0 Å². The van der Waals surface area contributed by atoms with E-state index in [2.05, 4.69) is 18.4 Å². The number of methoxy groups -OCH3 is 1. The molecule has 24 heavy (non-hydrogen) atoms. The van der Waals surface area contributed by atoms with Crippen molar-refractivity contribution in [2.24, 2.45) is 5.92 Å². The number of hydrogen-bond acceptors (Lipinski definition) is 4. The standard InChI is InChI=1S/C20H26O4/c1-14(2)17(9-7-6-8-10-21)13-19-15(3)11-18(24-19)12-16(4)20(22)23-5/h11-12,17,21H,1,7,9-10,13H2,2-5H3/b16-12-. The topological polar surface area (TPSA) is 59.7 Å². The van der Waals surface area contributed by atoms with E-state index in [1.54, 1.807) is 13.0 Å². The third-order valence-corrected chi connectivity index (χ3v) is 3.86. The highest BCUT2D eigenvalue weighted by Crippen LogP contribution is 2.25. The van der Waals surface area contributed by atoms with Gasteiger partial charge in [-0.3, -0.25) is 0 Å². The zero-order valence-corrected chi connectivity index (χ0v) is 14.9. The molecule has 0 aromatic carbocycles. The molecule has 0 amide bonds. The van der Waals surface area contributed by atoms with Crippen molar-refractivity contribution in [3.8, 4) is 11.8 Å². The average molecular weight is 330 g/mol. The Morgan fingerprint density at radius 1 is 1.46 bits per heavy atom. The summed E-state index contributed by atoms with van der Waals surface area (Å²) in [5, 5.41) is 8.70. The van der Waals surface area contributed by atoms with Gasteiger partial charge in [-0.15, -0.1) is 5.92 Å². The van der Waals surface area contributed by atoms with E-state index in [9.17, 15) is 4.79 Å². The number of rotatable bonds is 7. The second-order valence-corrected chi connectivity index (χ2v) is 5.87. The van der Waals surface area contributed by atoms with Crippen LogP contribution in [-0.4, -0.2) is 24.8 Å². The molecule has 0 aliphatic rings. The maximum Gasteiger partial charge on any atom is 0.333 e. The van der Waals surface area contributed by atoms with E-state index in [1.807, 2.05) is 19.9 Å². The van der Waals surface area contributed by atoms with Gasteiger partial charge in [0.05, 0.1) is 7.11 Å². The number of allylic oxidation sites excluding steroid dienone is 1. The molecule has 1 atom stereocenters. The second kappa shape index (κ2) is 9.79. The quantitative estimate of drug-likeness (QED) is 0.359. The molecule has 4 heteroatoms. The predicted octanol–water partition coefficient (Wildman–Crippen LogP) is 3.68. The van der Waals surface area contributed by atoms with Gasteiger partial charge in [-0.05, 0) is 50.8 Å². The van der Waals surface area contributed by atoms with E-state index >= 15 is 0 Å². The van der Waals surface area contributed by atoms with Crippen molar-refractivity contribution in [2.75, 3.05) is 13.7 Å². The number of aliphatic hydroxyl groups is 1.